The Morgan fingerprint density at radius 3 is 2.91 bits per heavy atom. The van der Waals surface area contributed by atoms with Crippen LogP contribution in [0.1, 0.15) is 29.1 Å². The highest BCUT2D eigenvalue weighted by Crippen LogP contribution is 2.25. The van der Waals surface area contributed by atoms with Gasteiger partial charge in [0.2, 0.25) is 0 Å². The van der Waals surface area contributed by atoms with Crippen LogP contribution in [0.3, 0.4) is 0 Å². The number of nitrogens with zero attached hydrogens (tertiary/aromatic N) is 7. The van der Waals surface area contributed by atoms with Crippen molar-refractivity contribution < 1.29 is 0 Å². The first-order valence-electron chi connectivity index (χ1n) is 7.44. The lowest BCUT2D eigenvalue weighted by Gasteiger charge is -1.99. The van der Waals surface area contributed by atoms with Gasteiger partial charge in [0.15, 0.2) is 0 Å². The summed E-state index contributed by atoms with van der Waals surface area (Å²) in [5.41, 5.74) is 6.23. The molecule has 3 heterocycles. The van der Waals surface area contributed by atoms with Crippen molar-refractivity contribution in [1.82, 2.24) is 34.7 Å². The standard InChI is InChI=1S/C15H17N7/c1-10-15(17-7-6-16-10)13-9-22(20-18-13)8-12-11-4-3-5-14(11)21(2)19-12/h6-7,9H,3-5,8H2,1-2H3. The van der Waals surface area contributed by atoms with Crippen LogP contribution in [0.4, 0.5) is 0 Å². The Morgan fingerprint density at radius 2 is 2.05 bits per heavy atom. The predicted molar refractivity (Wildman–Crippen MR) is 80.1 cm³/mol. The Labute approximate surface area is 128 Å². The SMILES string of the molecule is Cc1nccnc1-c1cn(Cc2nn(C)c3c2CCC3)nn1. The largest absolute Gasteiger partial charge is 0.272 e. The van der Waals surface area contributed by atoms with Crippen LogP contribution in [0.25, 0.3) is 11.4 Å². The fourth-order valence-corrected chi connectivity index (χ4v) is 3.12. The van der Waals surface area contributed by atoms with Gasteiger partial charge < -0.3 is 0 Å². The van der Waals surface area contributed by atoms with Crippen LogP contribution < -0.4 is 0 Å². The van der Waals surface area contributed by atoms with E-state index >= 15 is 0 Å². The maximum absolute atomic E-state index is 4.63. The van der Waals surface area contributed by atoms with E-state index in [1.807, 2.05) is 29.5 Å². The average Bonchev–Trinajstić information content (AvgIpc) is 3.20. The minimum Gasteiger partial charge on any atom is -0.272 e. The highest BCUT2D eigenvalue weighted by molar-refractivity contribution is 5.54. The zero-order valence-corrected chi connectivity index (χ0v) is 12.7. The van der Waals surface area contributed by atoms with E-state index in [9.17, 15) is 0 Å². The average molecular weight is 295 g/mol. The fraction of sp³-hybridized carbons (Fsp3) is 0.400. The first-order chi connectivity index (χ1) is 10.7. The summed E-state index contributed by atoms with van der Waals surface area (Å²) in [4.78, 5) is 8.58. The van der Waals surface area contributed by atoms with Gasteiger partial charge >= 0.3 is 0 Å². The van der Waals surface area contributed by atoms with E-state index in [2.05, 4.69) is 25.4 Å². The number of rotatable bonds is 3. The number of aryl methyl sites for hydroxylation is 2. The van der Waals surface area contributed by atoms with Crippen molar-refractivity contribution in [3.8, 4) is 11.4 Å². The molecule has 1 aliphatic rings. The van der Waals surface area contributed by atoms with Crippen LogP contribution in [0.15, 0.2) is 18.6 Å². The van der Waals surface area contributed by atoms with Crippen molar-refractivity contribution in [2.45, 2.75) is 32.7 Å². The molecule has 7 heteroatoms. The quantitative estimate of drug-likeness (QED) is 0.728. The molecule has 112 valence electrons. The van der Waals surface area contributed by atoms with Gasteiger partial charge in [-0.2, -0.15) is 5.10 Å². The number of hydrogen-bond acceptors (Lipinski definition) is 5. The van der Waals surface area contributed by atoms with Crippen molar-refractivity contribution in [2.75, 3.05) is 0 Å². The van der Waals surface area contributed by atoms with Crippen molar-refractivity contribution >= 4 is 0 Å². The second kappa shape index (κ2) is 5.01. The maximum Gasteiger partial charge on any atom is 0.133 e. The van der Waals surface area contributed by atoms with Crippen molar-refractivity contribution in [1.29, 1.82) is 0 Å². The first-order valence-corrected chi connectivity index (χ1v) is 7.44. The van der Waals surface area contributed by atoms with Gasteiger partial charge in [-0.15, -0.1) is 5.10 Å². The molecule has 0 amide bonds. The molecule has 0 spiro atoms. The van der Waals surface area contributed by atoms with Gasteiger partial charge in [-0.25, -0.2) is 4.68 Å². The second-order valence-corrected chi connectivity index (χ2v) is 5.64. The lowest BCUT2D eigenvalue weighted by atomic mass is 10.2. The first kappa shape index (κ1) is 13.1. The summed E-state index contributed by atoms with van der Waals surface area (Å²) in [6, 6.07) is 0. The molecule has 0 radical (unpaired) electrons. The summed E-state index contributed by atoms with van der Waals surface area (Å²) < 4.78 is 3.83. The van der Waals surface area contributed by atoms with Gasteiger partial charge in [-0.1, -0.05) is 5.21 Å². The molecule has 22 heavy (non-hydrogen) atoms. The van der Waals surface area contributed by atoms with E-state index in [1.54, 1.807) is 12.4 Å². The smallest absolute Gasteiger partial charge is 0.133 e. The lowest BCUT2D eigenvalue weighted by Crippen LogP contribution is -2.04. The summed E-state index contributed by atoms with van der Waals surface area (Å²) >= 11 is 0. The summed E-state index contributed by atoms with van der Waals surface area (Å²) in [6.07, 6.45) is 8.72. The molecule has 0 fully saturated rings. The van der Waals surface area contributed by atoms with Gasteiger partial charge in [0, 0.05) is 25.1 Å². The van der Waals surface area contributed by atoms with Gasteiger partial charge in [-0.3, -0.25) is 14.6 Å². The molecule has 0 atom stereocenters. The molecule has 0 aliphatic heterocycles. The normalized spacial score (nSPS) is 13.5. The summed E-state index contributed by atoms with van der Waals surface area (Å²) in [6.45, 7) is 2.57. The van der Waals surface area contributed by atoms with Crippen LogP contribution in [0.5, 0.6) is 0 Å². The van der Waals surface area contributed by atoms with Crippen LogP contribution in [0.2, 0.25) is 0 Å². The third-order valence-corrected chi connectivity index (χ3v) is 4.17. The number of fused-ring (bicyclic) bond motifs is 1. The van der Waals surface area contributed by atoms with E-state index < -0.39 is 0 Å². The molecule has 1 aliphatic carbocycles. The Balaban J connectivity index is 1.63. The summed E-state index contributed by atoms with van der Waals surface area (Å²) in [5.74, 6) is 0. The molecule has 0 saturated heterocycles. The number of hydrogen-bond donors (Lipinski definition) is 0. The van der Waals surface area contributed by atoms with E-state index in [1.165, 1.54) is 17.7 Å². The zero-order valence-electron chi connectivity index (χ0n) is 12.7. The molecule has 0 bridgehead atoms. The topological polar surface area (TPSA) is 74.3 Å². The number of aromatic nitrogens is 7. The predicted octanol–water partition coefficient (Wildman–Crippen LogP) is 1.31. The fourth-order valence-electron chi connectivity index (χ4n) is 3.12. The van der Waals surface area contributed by atoms with Crippen molar-refractivity contribution in [2.24, 2.45) is 7.05 Å². The molecule has 0 saturated carbocycles. The van der Waals surface area contributed by atoms with E-state index in [0.717, 1.165) is 35.6 Å². The van der Waals surface area contributed by atoms with Crippen molar-refractivity contribution in [3.63, 3.8) is 0 Å². The maximum atomic E-state index is 4.63. The molecular formula is C15H17N7. The molecule has 0 N–H and O–H groups in total. The third kappa shape index (κ3) is 2.09. The Morgan fingerprint density at radius 1 is 1.18 bits per heavy atom. The molecule has 7 nitrogen and oxygen atoms in total. The van der Waals surface area contributed by atoms with E-state index in [0.29, 0.717) is 6.54 Å². The lowest BCUT2D eigenvalue weighted by molar-refractivity contribution is 0.613. The van der Waals surface area contributed by atoms with E-state index in [4.69, 9.17) is 0 Å². The van der Waals surface area contributed by atoms with Gasteiger partial charge in [-0.05, 0) is 31.7 Å². The minimum absolute atomic E-state index is 0.648. The Hall–Kier alpha value is -2.57. The highest BCUT2D eigenvalue weighted by atomic mass is 15.4. The second-order valence-electron chi connectivity index (χ2n) is 5.64. The molecular weight excluding hydrogens is 278 g/mol. The third-order valence-electron chi connectivity index (χ3n) is 4.17. The van der Waals surface area contributed by atoms with E-state index in [-0.39, 0.29) is 0 Å². The monoisotopic (exact) mass is 295 g/mol. The molecule has 4 rings (SSSR count). The Kier molecular flexibility index (Phi) is 2.99. The van der Waals surface area contributed by atoms with Gasteiger partial charge in [0.1, 0.15) is 11.4 Å². The van der Waals surface area contributed by atoms with Crippen LogP contribution >= 0.6 is 0 Å². The van der Waals surface area contributed by atoms with Crippen LogP contribution in [-0.2, 0) is 26.4 Å². The van der Waals surface area contributed by atoms with Gasteiger partial charge in [0.05, 0.1) is 24.1 Å². The van der Waals surface area contributed by atoms with Crippen LogP contribution in [-0.4, -0.2) is 34.7 Å². The highest BCUT2D eigenvalue weighted by Gasteiger charge is 2.21. The minimum atomic E-state index is 0.648. The molecule has 0 unspecified atom stereocenters. The van der Waals surface area contributed by atoms with Gasteiger partial charge in [0.25, 0.3) is 0 Å². The van der Waals surface area contributed by atoms with Crippen LogP contribution in [0, 0.1) is 6.92 Å². The Bertz CT molecular complexity index is 830. The molecule has 3 aromatic heterocycles. The summed E-state index contributed by atoms with van der Waals surface area (Å²) in [5, 5.41) is 13.1. The zero-order chi connectivity index (χ0) is 15.1. The molecule has 0 aromatic carbocycles. The molecule has 3 aromatic rings. The van der Waals surface area contributed by atoms with Crippen molar-refractivity contribution in [3.05, 3.63) is 41.2 Å². The summed E-state index contributed by atoms with van der Waals surface area (Å²) in [7, 11) is 2.02.